The average molecular weight is 1250 g/mol. The zero-order chi connectivity index (χ0) is 65.0. The number of para-hydroxylation sites is 2. The van der Waals surface area contributed by atoms with Crippen LogP contribution in [0.3, 0.4) is 0 Å². The fourth-order valence-corrected chi connectivity index (χ4v) is 10.5. The first-order valence-corrected chi connectivity index (χ1v) is 29.0. The number of aromatic carboxylic acids is 2. The zero-order valence-electron chi connectivity index (χ0n) is 50.6. The van der Waals surface area contributed by atoms with Gasteiger partial charge in [0.15, 0.2) is 23.2 Å². The first kappa shape index (κ1) is 66.6. The SMILES string of the molecule is COc1c(NS(C)(=O)=O)cc(C(C)(C)C)cc1-c1c(C(=O)O)n(C)c2c(Oc3ccnc(NCCCN(C)C)n3)cccc12.COc1ccc(C(C(F)(F)F)C(F)(F)F)cc1-c1c(C(=O)O)n(C)c2c(Oc3ccnc(N(C)CCN(C)C)n3)cccc12. The van der Waals surface area contributed by atoms with Gasteiger partial charge in [0.05, 0.1) is 37.2 Å². The van der Waals surface area contributed by atoms with Crippen LogP contribution in [0.5, 0.6) is 34.8 Å². The van der Waals surface area contributed by atoms with Crippen LogP contribution in [-0.4, -0.2) is 164 Å². The third-order valence-corrected chi connectivity index (χ3v) is 14.5. The molecule has 4 aromatic heterocycles. The molecule has 0 aliphatic heterocycles. The lowest BCUT2D eigenvalue weighted by Gasteiger charge is -2.24. The molecule has 0 aliphatic rings. The molecular weight excluding hydrogens is 1180 g/mol. The third kappa shape index (κ3) is 15.3. The predicted octanol–water partition coefficient (Wildman–Crippen LogP) is 11.5. The molecule has 0 unspecified atom stereocenters. The van der Waals surface area contributed by atoms with E-state index < -0.39 is 56.9 Å². The van der Waals surface area contributed by atoms with Crippen molar-refractivity contribution >= 4 is 61.4 Å². The maximum atomic E-state index is 13.6. The van der Waals surface area contributed by atoms with E-state index in [0.29, 0.717) is 64.9 Å². The molecule has 0 amide bonds. The number of methoxy groups -OCH3 is 2. The van der Waals surface area contributed by atoms with Crippen molar-refractivity contribution in [2.45, 2.75) is 50.9 Å². The van der Waals surface area contributed by atoms with E-state index in [-0.39, 0.29) is 62.4 Å². The van der Waals surface area contributed by atoms with E-state index in [4.69, 9.17) is 18.9 Å². The molecule has 472 valence electrons. The summed E-state index contributed by atoms with van der Waals surface area (Å²) in [5.74, 6) is -4.67. The third-order valence-electron chi connectivity index (χ3n) is 13.9. The maximum absolute atomic E-state index is 13.6. The summed E-state index contributed by atoms with van der Waals surface area (Å²) in [4.78, 5) is 48.7. The molecule has 0 spiro atoms. The highest BCUT2D eigenvalue weighted by Crippen LogP contribution is 2.51. The zero-order valence-corrected chi connectivity index (χ0v) is 51.5. The summed E-state index contributed by atoms with van der Waals surface area (Å²) in [6.45, 7) is 8.91. The smallest absolute Gasteiger partial charge is 0.404 e. The number of anilines is 3. The molecule has 0 fully saturated rings. The summed E-state index contributed by atoms with van der Waals surface area (Å²) in [7, 11) is 11.6. The van der Waals surface area contributed by atoms with Crippen LogP contribution in [0.25, 0.3) is 44.1 Å². The number of carbonyl (C=O) groups is 2. The normalized spacial score (nSPS) is 12.2. The number of ether oxygens (including phenoxy) is 4. The van der Waals surface area contributed by atoms with Crippen molar-refractivity contribution in [2.24, 2.45) is 14.1 Å². The van der Waals surface area contributed by atoms with Gasteiger partial charge >= 0.3 is 24.3 Å². The molecule has 0 aliphatic carbocycles. The Labute approximate surface area is 504 Å². The number of nitrogens with one attached hydrogen (secondary N) is 2. The van der Waals surface area contributed by atoms with Crippen LogP contribution in [0.2, 0.25) is 0 Å². The number of fused-ring (bicyclic) bond motifs is 2. The van der Waals surface area contributed by atoms with Gasteiger partial charge in [0.1, 0.15) is 17.1 Å². The molecule has 4 heterocycles. The van der Waals surface area contributed by atoms with Gasteiger partial charge in [-0.3, -0.25) is 4.72 Å². The van der Waals surface area contributed by atoms with Gasteiger partial charge in [-0.2, -0.15) is 36.3 Å². The fourth-order valence-electron chi connectivity index (χ4n) is 9.90. The predicted molar refractivity (Wildman–Crippen MR) is 323 cm³/mol. The largest absolute Gasteiger partial charge is 0.496 e. The molecule has 0 atom stereocenters. The number of benzene rings is 4. The monoisotopic (exact) mass is 1250 g/mol. The standard InChI is InChI=1S/C31H40N6O6S.C29H29F6N5O4/c1-31(2,3)19-17-21(28(42-7)22(18-19)35-44(8,40)41)25-20-11-9-12-23(26(20)37(6)27(25)29(38)39)43-24-13-15-33-30(34-24)32-14-10-16-36(4)5;1-38(2)13-14-39(3)27-36-12-11-21(37-27)44-20-8-6-7-17-22(24(26(41)42)40(4)23(17)20)18-15-16(9-10-19(18)43-5)25(28(30,31)32)29(33,34)35/h9,11-13,15,17-18,35H,10,14,16H2,1-8H3,(H,38,39)(H,32,33,34);6-12,15,25H,13-14H2,1-5H3,(H,41,42). The molecule has 28 heteroatoms. The molecule has 0 saturated heterocycles. The topological polar surface area (TPSA) is 241 Å². The molecular formula is C60H69F6N11O10S. The van der Waals surface area contributed by atoms with E-state index in [9.17, 15) is 54.6 Å². The summed E-state index contributed by atoms with van der Waals surface area (Å²) in [6.07, 6.45) is -6.27. The van der Waals surface area contributed by atoms with Crippen LogP contribution >= 0.6 is 0 Å². The molecule has 8 rings (SSSR count). The molecule has 4 aromatic carbocycles. The average Bonchev–Trinajstić information content (AvgIpc) is 1.57. The second kappa shape index (κ2) is 26.6. The molecule has 0 radical (unpaired) electrons. The highest BCUT2D eigenvalue weighted by atomic mass is 32.2. The summed E-state index contributed by atoms with van der Waals surface area (Å²) < 4.78 is 135. The number of nitrogens with zero attached hydrogens (tertiary/aromatic N) is 9. The van der Waals surface area contributed by atoms with Crippen molar-refractivity contribution in [3.63, 3.8) is 0 Å². The number of carboxylic acid groups (broad SMARTS) is 2. The van der Waals surface area contributed by atoms with E-state index in [1.54, 1.807) is 55.2 Å². The second-order valence-electron chi connectivity index (χ2n) is 22.1. The lowest BCUT2D eigenvalue weighted by atomic mass is 9.84. The Morgan fingerprint density at radius 3 is 1.69 bits per heavy atom. The van der Waals surface area contributed by atoms with Gasteiger partial charge in [-0.05, 0) is 94.1 Å². The van der Waals surface area contributed by atoms with Crippen molar-refractivity contribution in [1.82, 2.24) is 38.9 Å². The number of rotatable bonds is 22. The van der Waals surface area contributed by atoms with Gasteiger partial charge in [-0.15, -0.1) is 0 Å². The Balaban J connectivity index is 0.000000251. The quantitative estimate of drug-likeness (QED) is 0.0364. The first-order chi connectivity index (χ1) is 41.1. The van der Waals surface area contributed by atoms with Crippen LogP contribution in [0, 0.1) is 0 Å². The fraction of sp³-hybridized carbons (Fsp3) is 0.367. The van der Waals surface area contributed by atoms with E-state index >= 15 is 0 Å². The van der Waals surface area contributed by atoms with Crippen molar-refractivity contribution in [2.75, 3.05) is 96.8 Å². The van der Waals surface area contributed by atoms with Gasteiger partial charge in [0.2, 0.25) is 33.7 Å². The van der Waals surface area contributed by atoms with E-state index in [1.165, 1.54) is 56.3 Å². The summed E-state index contributed by atoms with van der Waals surface area (Å²) in [5, 5.41) is 24.6. The molecule has 4 N–H and O–H groups in total. The number of likely N-dealkylation sites (N-methyl/N-ethyl adjacent to an activating group) is 2. The van der Waals surface area contributed by atoms with Gasteiger partial charge in [0.25, 0.3) is 0 Å². The number of sulfonamides is 1. The number of hydrogen-bond donors (Lipinski definition) is 4. The van der Waals surface area contributed by atoms with Crippen LogP contribution in [0.4, 0.5) is 43.9 Å². The Morgan fingerprint density at radius 2 is 1.20 bits per heavy atom. The first-order valence-electron chi connectivity index (χ1n) is 27.1. The van der Waals surface area contributed by atoms with Crippen LogP contribution in [-0.2, 0) is 29.5 Å². The Bertz CT molecular complexity index is 3960. The van der Waals surface area contributed by atoms with Gasteiger partial charge in [0, 0.05) is 98.3 Å². The summed E-state index contributed by atoms with van der Waals surface area (Å²) in [6, 6.07) is 18.8. The highest BCUT2D eigenvalue weighted by molar-refractivity contribution is 7.92. The van der Waals surface area contributed by atoms with Crippen LogP contribution in [0.15, 0.2) is 91.3 Å². The molecule has 0 bridgehead atoms. The van der Waals surface area contributed by atoms with Gasteiger partial charge in [-0.25, -0.2) is 28.0 Å². The number of aryl methyl sites for hydroxylation is 2. The van der Waals surface area contributed by atoms with Gasteiger partial charge in [-0.1, -0.05) is 51.1 Å². The van der Waals surface area contributed by atoms with Crippen LogP contribution < -0.4 is 33.9 Å². The minimum absolute atomic E-state index is 0.0170. The Morgan fingerprint density at radius 1 is 0.670 bits per heavy atom. The minimum Gasteiger partial charge on any atom is -0.496 e. The van der Waals surface area contributed by atoms with Gasteiger partial charge < -0.3 is 58.3 Å². The number of halogens is 6. The minimum atomic E-state index is -5.66. The molecule has 0 saturated carbocycles. The maximum Gasteiger partial charge on any atom is 0.404 e. The van der Waals surface area contributed by atoms with Crippen molar-refractivity contribution < 1.29 is 73.5 Å². The lowest BCUT2D eigenvalue weighted by molar-refractivity contribution is -0.253. The number of aromatic nitrogens is 6. The van der Waals surface area contributed by atoms with Crippen molar-refractivity contribution in [1.29, 1.82) is 0 Å². The van der Waals surface area contributed by atoms with Crippen molar-refractivity contribution in [3.05, 3.63) is 114 Å². The Kier molecular flexibility index (Phi) is 20.1. The van der Waals surface area contributed by atoms with Crippen molar-refractivity contribution in [3.8, 4) is 57.0 Å². The van der Waals surface area contributed by atoms with E-state index in [2.05, 4.69) is 34.9 Å². The summed E-state index contributed by atoms with van der Waals surface area (Å²) >= 11 is 0. The number of carboxylic acids is 2. The van der Waals surface area contributed by atoms with E-state index in [1.807, 2.05) is 64.8 Å². The number of alkyl halides is 6. The molecule has 8 aromatic rings. The summed E-state index contributed by atoms with van der Waals surface area (Å²) in [5.41, 5.74) is 0.155. The Hall–Kier alpha value is -8.89. The molecule has 88 heavy (non-hydrogen) atoms. The second-order valence-corrected chi connectivity index (χ2v) is 23.9. The lowest BCUT2D eigenvalue weighted by Crippen LogP contribution is -2.34. The number of hydrogen-bond acceptors (Lipinski definition) is 16. The van der Waals surface area contributed by atoms with Crippen LogP contribution in [0.1, 0.15) is 65.2 Å². The molecule has 21 nitrogen and oxygen atoms in total. The van der Waals surface area contributed by atoms with E-state index in [0.717, 1.165) is 37.4 Å². The highest BCUT2D eigenvalue weighted by Gasteiger charge is 2.57.